The lowest BCUT2D eigenvalue weighted by atomic mass is 9.94. The van der Waals surface area contributed by atoms with Crippen LogP contribution in [-0.2, 0) is 0 Å². The van der Waals surface area contributed by atoms with Gasteiger partial charge in [0.1, 0.15) is 11.3 Å². The Morgan fingerprint density at radius 3 is 1.76 bits per heavy atom. The van der Waals surface area contributed by atoms with E-state index < -0.39 is 0 Å². The Bertz CT molecular complexity index is 2900. The van der Waals surface area contributed by atoms with Crippen LogP contribution in [0.5, 0.6) is 0 Å². The van der Waals surface area contributed by atoms with Gasteiger partial charge in [-0.2, -0.15) is 0 Å². The van der Waals surface area contributed by atoms with Crippen LogP contribution in [0.2, 0.25) is 0 Å². The number of hydrogen-bond donors (Lipinski definition) is 0. The molecule has 10 aromatic rings. The fraction of sp³-hybridized carbons (Fsp3) is 0. The molecular weight excluding hydrogens is 655 g/mol. The lowest BCUT2D eigenvalue weighted by molar-refractivity contribution is 0.631. The Morgan fingerprint density at radius 1 is 0.315 bits per heavy atom. The molecule has 9 aromatic carbocycles. The summed E-state index contributed by atoms with van der Waals surface area (Å²) in [5.41, 5.74) is 12.4. The molecule has 0 amide bonds. The van der Waals surface area contributed by atoms with Gasteiger partial charge in [0.15, 0.2) is 0 Å². The maximum Gasteiger partial charge on any atom is 0.135 e. The van der Waals surface area contributed by atoms with Crippen molar-refractivity contribution in [3.05, 3.63) is 212 Å². The van der Waals surface area contributed by atoms with Crippen molar-refractivity contribution in [2.75, 3.05) is 4.90 Å². The Labute approximate surface area is 314 Å². The molecule has 1 heterocycles. The van der Waals surface area contributed by atoms with Gasteiger partial charge in [0.05, 0.1) is 11.4 Å². The van der Waals surface area contributed by atoms with Crippen molar-refractivity contribution >= 4 is 49.6 Å². The van der Waals surface area contributed by atoms with Crippen molar-refractivity contribution in [2.24, 2.45) is 0 Å². The molecule has 0 aliphatic rings. The standard InChI is InChI=1S/C52H35NO/c1-2-14-37(15-3-1)46-22-9-10-26-49(46)53(42-30-28-38(29-31-42)44-25-13-18-36-16-4-6-21-43(36)44)50-33-32-45(47-23-7-8-24-48(47)50)39-19-12-20-40(34-39)52-35-41-17-5-11-27-51(41)54-52/h1-35H. The zero-order chi connectivity index (χ0) is 35.8. The highest BCUT2D eigenvalue weighted by Crippen LogP contribution is 2.46. The van der Waals surface area contributed by atoms with E-state index in [0.717, 1.165) is 44.9 Å². The zero-order valence-corrected chi connectivity index (χ0v) is 29.6. The molecule has 54 heavy (non-hydrogen) atoms. The van der Waals surface area contributed by atoms with Crippen LogP contribution >= 0.6 is 0 Å². The third-order valence-corrected chi connectivity index (χ3v) is 10.5. The molecule has 254 valence electrons. The molecule has 0 radical (unpaired) electrons. The van der Waals surface area contributed by atoms with Crippen LogP contribution in [0.25, 0.3) is 77.2 Å². The predicted molar refractivity (Wildman–Crippen MR) is 228 cm³/mol. The summed E-state index contributed by atoms with van der Waals surface area (Å²) in [6, 6.07) is 75.9. The van der Waals surface area contributed by atoms with Gasteiger partial charge in [-0.25, -0.2) is 0 Å². The summed E-state index contributed by atoms with van der Waals surface area (Å²) < 4.78 is 6.28. The molecular formula is C52H35NO. The molecule has 0 saturated heterocycles. The van der Waals surface area contributed by atoms with Crippen LogP contribution in [0, 0.1) is 0 Å². The van der Waals surface area contributed by atoms with Gasteiger partial charge in [0.25, 0.3) is 0 Å². The Balaban J connectivity index is 1.14. The van der Waals surface area contributed by atoms with Crippen molar-refractivity contribution in [2.45, 2.75) is 0 Å². The SMILES string of the molecule is c1ccc(-c2ccccc2N(c2ccc(-c3cccc4ccccc34)cc2)c2ccc(-c3cccc(-c4cc5ccccc5o4)c3)c3ccccc23)cc1. The number of nitrogens with zero attached hydrogens (tertiary/aromatic N) is 1. The van der Waals surface area contributed by atoms with Gasteiger partial charge in [-0.1, -0.05) is 170 Å². The summed E-state index contributed by atoms with van der Waals surface area (Å²) in [6.07, 6.45) is 0. The summed E-state index contributed by atoms with van der Waals surface area (Å²) >= 11 is 0. The minimum Gasteiger partial charge on any atom is -0.456 e. The molecule has 2 heteroatoms. The highest BCUT2D eigenvalue weighted by molar-refractivity contribution is 6.07. The maximum absolute atomic E-state index is 6.28. The topological polar surface area (TPSA) is 16.4 Å². The number of para-hydroxylation sites is 2. The van der Waals surface area contributed by atoms with E-state index in [2.05, 4.69) is 199 Å². The van der Waals surface area contributed by atoms with Crippen molar-refractivity contribution in [3.8, 4) is 44.7 Å². The Kier molecular flexibility index (Phi) is 7.85. The summed E-state index contributed by atoms with van der Waals surface area (Å²) in [4.78, 5) is 2.42. The molecule has 1 aromatic heterocycles. The van der Waals surface area contributed by atoms with Gasteiger partial charge in [-0.15, -0.1) is 0 Å². The van der Waals surface area contributed by atoms with Crippen LogP contribution in [0.3, 0.4) is 0 Å². The highest BCUT2D eigenvalue weighted by atomic mass is 16.3. The third kappa shape index (κ3) is 5.62. The van der Waals surface area contributed by atoms with Crippen LogP contribution in [0.15, 0.2) is 217 Å². The van der Waals surface area contributed by atoms with E-state index >= 15 is 0 Å². The van der Waals surface area contributed by atoms with Gasteiger partial charge in [0, 0.05) is 27.6 Å². The zero-order valence-electron chi connectivity index (χ0n) is 29.6. The second-order valence-corrected chi connectivity index (χ2v) is 13.7. The van der Waals surface area contributed by atoms with E-state index in [0.29, 0.717) is 0 Å². The van der Waals surface area contributed by atoms with Gasteiger partial charge in [-0.05, 0) is 86.4 Å². The van der Waals surface area contributed by atoms with E-state index in [1.54, 1.807) is 0 Å². The number of benzene rings is 9. The monoisotopic (exact) mass is 689 g/mol. The first-order chi connectivity index (χ1) is 26.8. The highest BCUT2D eigenvalue weighted by Gasteiger charge is 2.21. The van der Waals surface area contributed by atoms with Crippen molar-refractivity contribution in [1.29, 1.82) is 0 Å². The van der Waals surface area contributed by atoms with Crippen molar-refractivity contribution in [3.63, 3.8) is 0 Å². The molecule has 0 fully saturated rings. The predicted octanol–water partition coefficient (Wildman–Crippen LogP) is 14.9. The smallest absolute Gasteiger partial charge is 0.135 e. The van der Waals surface area contributed by atoms with Crippen LogP contribution < -0.4 is 4.90 Å². The molecule has 0 N–H and O–H groups in total. The quantitative estimate of drug-likeness (QED) is 0.166. The van der Waals surface area contributed by atoms with Crippen LogP contribution in [-0.4, -0.2) is 0 Å². The molecule has 10 rings (SSSR count). The molecule has 0 unspecified atom stereocenters. The largest absolute Gasteiger partial charge is 0.456 e. The Hall–Kier alpha value is -7.16. The summed E-state index contributed by atoms with van der Waals surface area (Å²) in [6.45, 7) is 0. The fourth-order valence-corrected chi connectivity index (χ4v) is 7.90. The average molecular weight is 690 g/mol. The molecule has 2 nitrogen and oxygen atoms in total. The van der Waals surface area contributed by atoms with Gasteiger partial charge < -0.3 is 9.32 Å². The number of hydrogen-bond acceptors (Lipinski definition) is 2. The minimum absolute atomic E-state index is 0.870. The molecule has 0 aliphatic heterocycles. The van der Waals surface area contributed by atoms with E-state index in [4.69, 9.17) is 4.42 Å². The normalized spacial score (nSPS) is 11.3. The molecule has 0 saturated carbocycles. The lowest BCUT2D eigenvalue weighted by Gasteiger charge is -2.29. The van der Waals surface area contributed by atoms with E-state index in [1.165, 1.54) is 49.4 Å². The first-order valence-corrected chi connectivity index (χ1v) is 18.4. The second kappa shape index (κ2) is 13.4. The van der Waals surface area contributed by atoms with Gasteiger partial charge in [-0.3, -0.25) is 0 Å². The minimum atomic E-state index is 0.870. The summed E-state index contributed by atoms with van der Waals surface area (Å²) in [7, 11) is 0. The summed E-state index contributed by atoms with van der Waals surface area (Å²) in [5.74, 6) is 0.870. The third-order valence-electron chi connectivity index (χ3n) is 10.5. The molecule has 0 aliphatic carbocycles. The molecule has 0 bridgehead atoms. The number of fused-ring (bicyclic) bond motifs is 3. The number of anilines is 3. The molecule has 0 spiro atoms. The van der Waals surface area contributed by atoms with Crippen molar-refractivity contribution in [1.82, 2.24) is 0 Å². The molecule has 0 atom stereocenters. The number of rotatable bonds is 7. The van der Waals surface area contributed by atoms with E-state index in [9.17, 15) is 0 Å². The van der Waals surface area contributed by atoms with Crippen molar-refractivity contribution < 1.29 is 4.42 Å². The van der Waals surface area contributed by atoms with E-state index in [1.807, 2.05) is 18.2 Å². The Morgan fingerprint density at radius 2 is 0.907 bits per heavy atom. The fourth-order valence-electron chi connectivity index (χ4n) is 7.90. The van der Waals surface area contributed by atoms with E-state index in [-0.39, 0.29) is 0 Å². The first-order valence-electron chi connectivity index (χ1n) is 18.4. The van der Waals surface area contributed by atoms with Crippen LogP contribution in [0.1, 0.15) is 0 Å². The van der Waals surface area contributed by atoms with Crippen LogP contribution in [0.4, 0.5) is 17.1 Å². The maximum atomic E-state index is 6.28. The number of furan rings is 1. The second-order valence-electron chi connectivity index (χ2n) is 13.7. The lowest BCUT2D eigenvalue weighted by Crippen LogP contribution is -2.12. The average Bonchev–Trinajstić information content (AvgIpc) is 3.69. The first kappa shape index (κ1) is 31.6. The van der Waals surface area contributed by atoms with Gasteiger partial charge >= 0.3 is 0 Å². The van der Waals surface area contributed by atoms with Gasteiger partial charge in [0.2, 0.25) is 0 Å². The summed E-state index contributed by atoms with van der Waals surface area (Å²) in [5, 5.41) is 5.96.